The lowest BCUT2D eigenvalue weighted by molar-refractivity contribution is -0.150. The number of amides is 1. The highest BCUT2D eigenvalue weighted by Gasteiger charge is 2.19. The molecule has 0 saturated carbocycles. The van der Waals surface area contributed by atoms with Crippen LogP contribution < -0.4 is 11.1 Å². The normalized spacial score (nSPS) is 12.8. The Morgan fingerprint density at radius 2 is 0.926 bits per heavy atom. The monoisotopic (exact) mass is 761 g/mol. The molecule has 2 atom stereocenters. The van der Waals surface area contributed by atoms with Gasteiger partial charge in [0.1, 0.15) is 12.1 Å². The second-order valence-corrected chi connectivity index (χ2v) is 15.8. The second kappa shape index (κ2) is 42.0. The largest absolute Gasteiger partial charge is 0.480 e. The van der Waals surface area contributed by atoms with Gasteiger partial charge in [-0.05, 0) is 103 Å². The first kappa shape index (κ1) is 51.9. The molecule has 0 saturated heterocycles. The Balaban J connectivity index is 4.29. The van der Waals surface area contributed by atoms with Crippen molar-refractivity contribution in [3.05, 3.63) is 24.3 Å². The summed E-state index contributed by atoms with van der Waals surface area (Å²) in [5.41, 5.74) is 5.49. The molecule has 1 amide bonds. The summed E-state index contributed by atoms with van der Waals surface area (Å²) < 4.78 is 6.04. The van der Waals surface area contributed by atoms with Gasteiger partial charge in [0.25, 0.3) is 0 Å². The fraction of sp³-hybridized carbons (Fsp3) is 0.851. The van der Waals surface area contributed by atoms with E-state index in [1.807, 2.05) is 0 Å². The predicted molar refractivity (Wildman–Crippen MR) is 230 cm³/mol. The number of nitrogens with one attached hydrogen (secondary N) is 1. The van der Waals surface area contributed by atoms with E-state index in [4.69, 9.17) is 10.5 Å². The molecule has 0 spiro atoms. The first-order chi connectivity index (χ1) is 26.4. The van der Waals surface area contributed by atoms with E-state index >= 15 is 0 Å². The van der Waals surface area contributed by atoms with E-state index in [9.17, 15) is 19.5 Å². The number of carboxylic acids is 1. The fourth-order valence-electron chi connectivity index (χ4n) is 6.98. The van der Waals surface area contributed by atoms with Crippen molar-refractivity contribution in [3.63, 3.8) is 0 Å². The van der Waals surface area contributed by atoms with Crippen LogP contribution in [0.3, 0.4) is 0 Å². The highest BCUT2D eigenvalue weighted by atomic mass is 16.5. The van der Waals surface area contributed by atoms with Crippen LogP contribution in [0.4, 0.5) is 0 Å². The van der Waals surface area contributed by atoms with Gasteiger partial charge in [-0.25, -0.2) is 4.79 Å². The highest BCUT2D eigenvalue weighted by molar-refractivity contribution is 5.83. The number of rotatable bonds is 42. The highest BCUT2D eigenvalue weighted by Crippen LogP contribution is 2.18. The van der Waals surface area contributed by atoms with Crippen LogP contribution in [-0.4, -0.2) is 41.6 Å². The summed E-state index contributed by atoms with van der Waals surface area (Å²) in [4.78, 5) is 36.4. The molecular formula is C47H88N2O5. The summed E-state index contributed by atoms with van der Waals surface area (Å²) in [5.74, 6) is -1.25. The first-order valence-electron chi connectivity index (χ1n) is 23.2. The van der Waals surface area contributed by atoms with E-state index in [1.165, 1.54) is 122 Å². The number of esters is 1. The van der Waals surface area contributed by atoms with E-state index < -0.39 is 12.0 Å². The Hall–Kier alpha value is -2.15. The molecule has 7 heteroatoms. The van der Waals surface area contributed by atoms with Crippen molar-refractivity contribution in [3.8, 4) is 0 Å². The number of carbonyl (C=O) groups is 3. The van der Waals surface area contributed by atoms with Crippen molar-refractivity contribution >= 4 is 17.8 Å². The van der Waals surface area contributed by atoms with Crippen LogP contribution >= 0.6 is 0 Å². The molecule has 0 fully saturated rings. The predicted octanol–water partition coefficient (Wildman–Crippen LogP) is 13.2. The Labute approximate surface area is 333 Å². The van der Waals surface area contributed by atoms with Gasteiger partial charge >= 0.3 is 11.9 Å². The molecule has 0 aromatic carbocycles. The maximum absolute atomic E-state index is 12.8. The molecule has 54 heavy (non-hydrogen) atoms. The van der Waals surface area contributed by atoms with Gasteiger partial charge in [-0.15, -0.1) is 0 Å². The number of hydrogen-bond acceptors (Lipinski definition) is 5. The maximum Gasteiger partial charge on any atom is 0.326 e. The summed E-state index contributed by atoms with van der Waals surface area (Å²) in [6.45, 7) is 4.94. The van der Waals surface area contributed by atoms with E-state index in [0.29, 0.717) is 32.2 Å². The number of nitrogens with two attached hydrogens (primary N) is 1. The second-order valence-electron chi connectivity index (χ2n) is 15.8. The van der Waals surface area contributed by atoms with Crippen LogP contribution in [0.15, 0.2) is 24.3 Å². The standard InChI is InChI=1S/C47H88N2O5/c1-3-5-7-9-11-13-15-16-17-18-19-20-22-24-26-31-35-41-46(51)54-43(37-32-28-25-23-21-14-12-10-8-6-4-2)38-33-29-27-30-34-40-45(50)49-44(47(52)53)39-36-42-48/h16-17,23,25,43-44H,3-15,18-22,24,26-42,48H2,1-2H3,(H,49,50)(H,52,53)/b17-16-,25-23-. The molecule has 0 radical (unpaired) electrons. The summed E-state index contributed by atoms with van der Waals surface area (Å²) in [5, 5.41) is 11.9. The van der Waals surface area contributed by atoms with Crippen molar-refractivity contribution < 1.29 is 24.2 Å². The number of hydrogen-bond donors (Lipinski definition) is 3. The van der Waals surface area contributed by atoms with Gasteiger partial charge in [-0.1, -0.05) is 154 Å². The van der Waals surface area contributed by atoms with Crippen LogP contribution in [0, 0.1) is 0 Å². The van der Waals surface area contributed by atoms with Gasteiger partial charge in [-0.3, -0.25) is 9.59 Å². The lowest BCUT2D eigenvalue weighted by Gasteiger charge is -2.18. The third kappa shape index (κ3) is 38.1. The molecule has 0 heterocycles. The molecular weight excluding hydrogens is 673 g/mol. The summed E-state index contributed by atoms with van der Waals surface area (Å²) in [6.07, 6.45) is 48.0. The number of unbranched alkanes of at least 4 members (excludes halogenated alkanes) is 24. The molecule has 4 N–H and O–H groups in total. The Kier molecular flexibility index (Phi) is 40.3. The van der Waals surface area contributed by atoms with Gasteiger partial charge in [-0.2, -0.15) is 0 Å². The van der Waals surface area contributed by atoms with Crippen LogP contribution in [0.25, 0.3) is 0 Å². The summed E-state index contributed by atoms with van der Waals surface area (Å²) >= 11 is 0. The fourth-order valence-corrected chi connectivity index (χ4v) is 6.98. The molecule has 0 rings (SSSR count). The van der Waals surface area contributed by atoms with Crippen molar-refractivity contribution in [2.75, 3.05) is 6.54 Å². The number of aliphatic carboxylic acids is 1. The molecule has 0 aromatic heterocycles. The first-order valence-corrected chi connectivity index (χ1v) is 23.2. The summed E-state index contributed by atoms with van der Waals surface area (Å²) in [6, 6.07) is -0.858. The Bertz CT molecular complexity index is 905. The van der Waals surface area contributed by atoms with Gasteiger partial charge < -0.3 is 20.9 Å². The molecule has 0 bridgehead atoms. The van der Waals surface area contributed by atoms with Crippen molar-refractivity contribution in [2.24, 2.45) is 5.73 Å². The third-order valence-electron chi connectivity index (χ3n) is 10.5. The van der Waals surface area contributed by atoms with Gasteiger partial charge in [0.15, 0.2) is 0 Å². The Morgan fingerprint density at radius 1 is 0.519 bits per heavy atom. The molecule has 0 aliphatic rings. The van der Waals surface area contributed by atoms with Gasteiger partial charge in [0.2, 0.25) is 5.91 Å². The number of carbonyl (C=O) groups excluding carboxylic acids is 2. The van der Waals surface area contributed by atoms with Crippen molar-refractivity contribution in [2.45, 2.75) is 251 Å². The van der Waals surface area contributed by atoms with Gasteiger partial charge in [0.05, 0.1) is 0 Å². The van der Waals surface area contributed by atoms with Crippen molar-refractivity contribution in [1.29, 1.82) is 0 Å². The van der Waals surface area contributed by atoms with Crippen LogP contribution in [0.1, 0.15) is 239 Å². The average Bonchev–Trinajstić information content (AvgIpc) is 3.16. The smallest absolute Gasteiger partial charge is 0.326 e. The lowest BCUT2D eigenvalue weighted by Crippen LogP contribution is -2.40. The van der Waals surface area contributed by atoms with Crippen LogP contribution in [0.2, 0.25) is 0 Å². The quantitative estimate of drug-likeness (QED) is 0.0324. The minimum Gasteiger partial charge on any atom is -0.480 e. The number of allylic oxidation sites excluding steroid dienone is 4. The Morgan fingerprint density at radius 3 is 1.41 bits per heavy atom. The number of ether oxygens (including phenoxy) is 1. The van der Waals surface area contributed by atoms with E-state index in [0.717, 1.165) is 77.0 Å². The zero-order valence-corrected chi connectivity index (χ0v) is 35.6. The molecule has 2 unspecified atom stereocenters. The van der Waals surface area contributed by atoms with E-state index in [1.54, 1.807) is 0 Å². The van der Waals surface area contributed by atoms with Crippen molar-refractivity contribution in [1.82, 2.24) is 5.32 Å². The SMILES string of the molecule is CCCCCCCC/C=C\CCCCCCCCCC(=O)OC(CCC/C=C\CCCCCCCC)CCCCCCCC(=O)NC(CCCN)C(=O)O. The minimum atomic E-state index is -1.00. The third-order valence-corrected chi connectivity index (χ3v) is 10.5. The number of carboxylic acid groups (broad SMARTS) is 1. The molecule has 0 aliphatic heterocycles. The summed E-state index contributed by atoms with van der Waals surface area (Å²) in [7, 11) is 0. The average molecular weight is 761 g/mol. The lowest BCUT2D eigenvalue weighted by atomic mass is 10.0. The van der Waals surface area contributed by atoms with Crippen LogP contribution in [-0.2, 0) is 19.1 Å². The van der Waals surface area contributed by atoms with Gasteiger partial charge in [0, 0.05) is 12.8 Å². The van der Waals surface area contributed by atoms with E-state index in [-0.39, 0.29) is 18.0 Å². The van der Waals surface area contributed by atoms with Crippen LogP contribution in [0.5, 0.6) is 0 Å². The topological polar surface area (TPSA) is 119 Å². The molecule has 0 aliphatic carbocycles. The zero-order valence-electron chi connectivity index (χ0n) is 35.6. The molecule has 0 aromatic rings. The minimum absolute atomic E-state index is 0.0171. The molecule has 316 valence electrons. The molecule has 7 nitrogen and oxygen atoms in total. The van der Waals surface area contributed by atoms with E-state index in [2.05, 4.69) is 43.5 Å². The maximum atomic E-state index is 12.8. The zero-order chi connectivity index (χ0) is 39.6.